The third kappa shape index (κ3) is 5.05. The van der Waals surface area contributed by atoms with E-state index in [9.17, 15) is 13.2 Å². The minimum atomic E-state index is -3.56. The van der Waals surface area contributed by atoms with Crippen LogP contribution in [0.3, 0.4) is 0 Å². The van der Waals surface area contributed by atoms with Crippen molar-refractivity contribution in [1.82, 2.24) is 9.62 Å². The number of hydrogen-bond acceptors (Lipinski definition) is 3. The van der Waals surface area contributed by atoms with Crippen molar-refractivity contribution >= 4 is 15.9 Å². The van der Waals surface area contributed by atoms with E-state index >= 15 is 0 Å². The summed E-state index contributed by atoms with van der Waals surface area (Å²) in [5.74, 6) is 0.350. The molecule has 0 spiro atoms. The van der Waals surface area contributed by atoms with E-state index in [0.717, 1.165) is 24.8 Å². The van der Waals surface area contributed by atoms with Gasteiger partial charge in [0, 0.05) is 26.6 Å². The molecule has 1 aliphatic carbocycles. The summed E-state index contributed by atoms with van der Waals surface area (Å²) in [6.07, 6.45) is 4.42. The quantitative estimate of drug-likeness (QED) is 0.819. The zero-order valence-corrected chi connectivity index (χ0v) is 15.7. The highest BCUT2D eigenvalue weighted by atomic mass is 32.2. The fourth-order valence-corrected chi connectivity index (χ4v) is 4.18. The second-order valence-electron chi connectivity index (χ2n) is 6.95. The molecular formula is C18H28N2O3S. The number of benzene rings is 1. The predicted molar refractivity (Wildman–Crippen MR) is 95.4 cm³/mol. The molecule has 0 atom stereocenters. The van der Waals surface area contributed by atoms with Gasteiger partial charge in [0.1, 0.15) is 0 Å². The van der Waals surface area contributed by atoms with Crippen LogP contribution in [0.2, 0.25) is 0 Å². The predicted octanol–water partition coefficient (Wildman–Crippen LogP) is 2.35. The lowest BCUT2D eigenvalue weighted by molar-refractivity contribution is -0.130. The molecule has 1 N–H and O–H groups in total. The molecular weight excluding hydrogens is 324 g/mol. The first-order valence-electron chi connectivity index (χ1n) is 8.65. The van der Waals surface area contributed by atoms with Crippen LogP contribution in [-0.2, 0) is 27.7 Å². The number of sulfonamides is 1. The molecule has 0 fully saturated rings. The van der Waals surface area contributed by atoms with Crippen LogP contribution >= 0.6 is 0 Å². The monoisotopic (exact) mass is 352 g/mol. The second kappa shape index (κ2) is 8.12. The Balaban J connectivity index is 1.93. The van der Waals surface area contributed by atoms with Crippen LogP contribution in [0.5, 0.6) is 0 Å². The first-order valence-corrected chi connectivity index (χ1v) is 10.1. The maximum absolute atomic E-state index is 12.4. The molecule has 0 bridgehead atoms. The Labute approximate surface area is 145 Å². The lowest BCUT2D eigenvalue weighted by atomic mass is 9.92. The van der Waals surface area contributed by atoms with E-state index in [0.29, 0.717) is 17.4 Å². The highest BCUT2D eigenvalue weighted by molar-refractivity contribution is 7.89. The summed E-state index contributed by atoms with van der Waals surface area (Å²) in [4.78, 5) is 13.9. The molecule has 2 rings (SSSR count). The van der Waals surface area contributed by atoms with Crippen molar-refractivity contribution in [2.75, 3.05) is 20.1 Å². The number of rotatable bonds is 7. The number of fused-ring (bicyclic) bond motifs is 1. The Hall–Kier alpha value is -1.40. The van der Waals surface area contributed by atoms with E-state index in [1.54, 1.807) is 24.1 Å². The van der Waals surface area contributed by atoms with Crippen LogP contribution in [0, 0.1) is 5.92 Å². The first kappa shape index (κ1) is 18.9. The van der Waals surface area contributed by atoms with Crippen LogP contribution in [0.25, 0.3) is 0 Å². The van der Waals surface area contributed by atoms with Gasteiger partial charge >= 0.3 is 0 Å². The van der Waals surface area contributed by atoms with Gasteiger partial charge in [-0.1, -0.05) is 19.9 Å². The third-order valence-corrected chi connectivity index (χ3v) is 5.78. The summed E-state index contributed by atoms with van der Waals surface area (Å²) in [7, 11) is -1.81. The van der Waals surface area contributed by atoms with E-state index in [1.165, 1.54) is 12.0 Å². The Morgan fingerprint density at radius 3 is 2.54 bits per heavy atom. The molecule has 6 heteroatoms. The summed E-state index contributed by atoms with van der Waals surface area (Å²) in [5, 5.41) is 0. The number of hydrogen-bond donors (Lipinski definition) is 1. The summed E-state index contributed by atoms with van der Waals surface area (Å²) < 4.78 is 27.4. The summed E-state index contributed by atoms with van der Waals surface area (Å²) >= 11 is 0. The van der Waals surface area contributed by atoms with E-state index in [-0.39, 0.29) is 18.9 Å². The molecule has 24 heavy (non-hydrogen) atoms. The van der Waals surface area contributed by atoms with Crippen molar-refractivity contribution in [2.45, 2.75) is 50.8 Å². The maximum atomic E-state index is 12.4. The van der Waals surface area contributed by atoms with Gasteiger partial charge in [-0.3, -0.25) is 4.79 Å². The van der Waals surface area contributed by atoms with E-state index < -0.39 is 10.0 Å². The van der Waals surface area contributed by atoms with Crippen LogP contribution < -0.4 is 4.72 Å². The lowest BCUT2D eigenvalue weighted by Crippen LogP contribution is -2.34. The lowest BCUT2D eigenvalue weighted by Gasteiger charge is -2.19. The fraction of sp³-hybridized carbons (Fsp3) is 0.611. The molecule has 0 radical (unpaired) electrons. The normalized spacial score (nSPS) is 14.5. The average molecular weight is 353 g/mol. The minimum Gasteiger partial charge on any atom is -0.345 e. The molecule has 0 unspecified atom stereocenters. The topological polar surface area (TPSA) is 66.5 Å². The van der Waals surface area contributed by atoms with Gasteiger partial charge in [-0.05, 0) is 54.9 Å². The highest BCUT2D eigenvalue weighted by Gasteiger charge is 2.18. The minimum absolute atomic E-state index is 0.0446. The number of nitrogens with zero attached hydrogens (tertiary/aromatic N) is 1. The van der Waals surface area contributed by atoms with Gasteiger partial charge in [-0.25, -0.2) is 13.1 Å². The van der Waals surface area contributed by atoms with E-state index in [1.807, 2.05) is 19.9 Å². The van der Waals surface area contributed by atoms with Crippen molar-refractivity contribution in [3.63, 3.8) is 0 Å². The van der Waals surface area contributed by atoms with Crippen molar-refractivity contribution in [1.29, 1.82) is 0 Å². The van der Waals surface area contributed by atoms with Gasteiger partial charge in [0.2, 0.25) is 15.9 Å². The van der Waals surface area contributed by atoms with Crippen molar-refractivity contribution in [3.8, 4) is 0 Å². The Morgan fingerprint density at radius 1 is 1.21 bits per heavy atom. The van der Waals surface area contributed by atoms with Gasteiger partial charge in [0.15, 0.2) is 0 Å². The van der Waals surface area contributed by atoms with Crippen LogP contribution in [0.4, 0.5) is 0 Å². The van der Waals surface area contributed by atoms with Crippen molar-refractivity contribution in [2.24, 2.45) is 5.92 Å². The maximum Gasteiger partial charge on any atom is 0.240 e. The average Bonchev–Trinajstić information content (AvgIpc) is 2.53. The smallest absolute Gasteiger partial charge is 0.240 e. The molecule has 0 aromatic heterocycles. The SMILES string of the molecule is CC(C)CN(C)C(=O)CCNS(=O)(=O)c1ccc2c(c1)CCCC2. The van der Waals surface area contributed by atoms with Crippen LogP contribution in [0.1, 0.15) is 44.2 Å². The van der Waals surface area contributed by atoms with Gasteiger partial charge in [0.25, 0.3) is 0 Å². The van der Waals surface area contributed by atoms with Crippen LogP contribution in [-0.4, -0.2) is 39.4 Å². The Kier molecular flexibility index (Phi) is 6.40. The molecule has 0 aliphatic heterocycles. The molecule has 1 amide bonds. The molecule has 134 valence electrons. The number of amides is 1. The van der Waals surface area contributed by atoms with Gasteiger partial charge < -0.3 is 4.90 Å². The third-order valence-electron chi connectivity index (χ3n) is 4.33. The second-order valence-corrected chi connectivity index (χ2v) is 8.72. The molecule has 1 aromatic carbocycles. The van der Waals surface area contributed by atoms with Crippen molar-refractivity contribution in [3.05, 3.63) is 29.3 Å². The molecule has 1 aromatic rings. The van der Waals surface area contributed by atoms with Gasteiger partial charge in [0.05, 0.1) is 4.90 Å². The molecule has 1 aliphatic rings. The number of nitrogens with one attached hydrogen (secondary N) is 1. The highest BCUT2D eigenvalue weighted by Crippen LogP contribution is 2.24. The molecule has 0 saturated heterocycles. The molecule has 0 saturated carbocycles. The van der Waals surface area contributed by atoms with Gasteiger partial charge in [-0.15, -0.1) is 0 Å². The molecule has 0 heterocycles. The number of carbonyl (C=O) groups excluding carboxylic acids is 1. The van der Waals surface area contributed by atoms with E-state index in [2.05, 4.69) is 4.72 Å². The van der Waals surface area contributed by atoms with Gasteiger partial charge in [-0.2, -0.15) is 0 Å². The largest absolute Gasteiger partial charge is 0.345 e. The Bertz CT molecular complexity index is 684. The number of carbonyl (C=O) groups is 1. The van der Waals surface area contributed by atoms with Crippen LogP contribution in [0.15, 0.2) is 23.1 Å². The Morgan fingerprint density at radius 2 is 1.88 bits per heavy atom. The summed E-state index contributed by atoms with van der Waals surface area (Å²) in [6, 6.07) is 5.37. The van der Waals surface area contributed by atoms with Crippen molar-refractivity contribution < 1.29 is 13.2 Å². The fourth-order valence-electron chi connectivity index (χ4n) is 3.09. The zero-order chi connectivity index (χ0) is 17.7. The zero-order valence-electron chi connectivity index (χ0n) is 14.8. The summed E-state index contributed by atoms with van der Waals surface area (Å²) in [6.45, 7) is 4.89. The first-order chi connectivity index (χ1) is 11.3. The standard InChI is InChI=1S/C18H28N2O3S/c1-14(2)13-20(3)18(21)10-11-19-24(22,23)17-9-8-15-6-4-5-7-16(15)12-17/h8-9,12,14,19H,4-7,10-11,13H2,1-3H3. The number of aryl methyl sites for hydroxylation is 2. The summed E-state index contributed by atoms with van der Waals surface area (Å²) in [5.41, 5.74) is 2.39. The molecule has 5 nitrogen and oxygen atoms in total. The van der Waals surface area contributed by atoms with E-state index in [4.69, 9.17) is 0 Å².